The van der Waals surface area contributed by atoms with Gasteiger partial charge in [-0.1, -0.05) is 71.8 Å². The molecule has 0 aliphatic heterocycles. The molecule has 0 aliphatic rings. The molecule has 0 fully saturated rings. The van der Waals surface area contributed by atoms with Crippen molar-refractivity contribution in [2.75, 3.05) is 0 Å². The third kappa shape index (κ3) is 2.62. The van der Waals surface area contributed by atoms with Crippen molar-refractivity contribution in [3.05, 3.63) is 77.4 Å². The van der Waals surface area contributed by atoms with E-state index in [4.69, 9.17) is 0 Å². The smallest absolute Gasteiger partial charge is 0.131 e. The minimum Gasteiger partial charge on any atom is -0.507 e. The van der Waals surface area contributed by atoms with Gasteiger partial charge in [0.15, 0.2) is 0 Å². The van der Waals surface area contributed by atoms with E-state index < -0.39 is 0 Å². The monoisotopic (exact) mass is 288 g/mol. The lowest BCUT2D eigenvalue weighted by Gasteiger charge is -2.14. The third-order valence-electron chi connectivity index (χ3n) is 4.02. The molecule has 0 amide bonds. The average Bonchev–Trinajstić information content (AvgIpc) is 2.47. The van der Waals surface area contributed by atoms with Gasteiger partial charge in [0, 0.05) is 11.1 Å². The topological polar surface area (TPSA) is 20.2 Å². The Morgan fingerprint density at radius 3 is 1.91 bits per heavy atom. The fourth-order valence-corrected chi connectivity index (χ4v) is 2.90. The van der Waals surface area contributed by atoms with Crippen LogP contribution in [0.1, 0.15) is 16.7 Å². The maximum absolute atomic E-state index is 10.9. The van der Waals surface area contributed by atoms with E-state index in [9.17, 15) is 5.11 Å². The van der Waals surface area contributed by atoms with Crippen LogP contribution >= 0.6 is 0 Å². The molecule has 0 aliphatic carbocycles. The summed E-state index contributed by atoms with van der Waals surface area (Å²) in [7, 11) is 0. The van der Waals surface area contributed by atoms with Gasteiger partial charge in [-0.15, -0.1) is 0 Å². The summed E-state index contributed by atoms with van der Waals surface area (Å²) in [4.78, 5) is 0. The summed E-state index contributed by atoms with van der Waals surface area (Å²) in [5.74, 6) is 0.358. The number of aromatic hydroxyl groups is 1. The molecule has 110 valence electrons. The second-order valence-electron chi connectivity index (χ2n) is 5.89. The first kappa shape index (κ1) is 14.4. The fourth-order valence-electron chi connectivity index (χ4n) is 2.90. The van der Waals surface area contributed by atoms with E-state index in [2.05, 4.69) is 50.2 Å². The Balaban J connectivity index is 2.22. The number of hydrogen-bond acceptors (Lipinski definition) is 1. The third-order valence-corrected chi connectivity index (χ3v) is 4.02. The standard InChI is InChI=1S/C21H20O/c1-14-6-4-8-17(12-14)19-11-10-16(3)20(21(19)22)18-9-5-7-15(2)13-18/h4-13,22H,1-3H3. The molecule has 0 unspecified atom stereocenters. The summed E-state index contributed by atoms with van der Waals surface area (Å²) in [6.07, 6.45) is 0. The van der Waals surface area contributed by atoms with Crippen molar-refractivity contribution in [1.82, 2.24) is 0 Å². The predicted molar refractivity (Wildman–Crippen MR) is 93.2 cm³/mol. The minimum absolute atomic E-state index is 0.358. The highest BCUT2D eigenvalue weighted by molar-refractivity contribution is 5.84. The summed E-state index contributed by atoms with van der Waals surface area (Å²) in [6, 6.07) is 20.6. The van der Waals surface area contributed by atoms with Crippen molar-refractivity contribution in [2.24, 2.45) is 0 Å². The van der Waals surface area contributed by atoms with Crippen molar-refractivity contribution < 1.29 is 5.11 Å². The van der Waals surface area contributed by atoms with Crippen LogP contribution in [-0.4, -0.2) is 5.11 Å². The maximum Gasteiger partial charge on any atom is 0.131 e. The van der Waals surface area contributed by atoms with Gasteiger partial charge in [-0.2, -0.15) is 0 Å². The molecule has 0 aromatic heterocycles. The molecule has 0 saturated heterocycles. The zero-order valence-corrected chi connectivity index (χ0v) is 13.2. The van der Waals surface area contributed by atoms with Crippen LogP contribution in [0.3, 0.4) is 0 Å². The van der Waals surface area contributed by atoms with E-state index in [1.807, 2.05) is 31.2 Å². The summed E-state index contributed by atoms with van der Waals surface area (Å²) >= 11 is 0. The van der Waals surface area contributed by atoms with Crippen LogP contribution in [0.25, 0.3) is 22.3 Å². The van der Waals surface area contributed by atoms with Gasteiger partial charge >= 0.3 is 0 Å². The van der Waals surface area contributed by atoms with Crippen molar-refractivity contribution in [3.63, 3.8) is 0 Å². The van der Waals surface area contributed by atoms with Crippen LogP contribution < -0.4 is 0 Å². The Kier molecular flexibility index (Phi) is 3.72. The van der Waals surface area contributed by atoms with Crippen LogP contribution in [0, 0.1) is 20.8 Å². The van der Waals surface area contributed by atoms with Crippen molar-refractivity contribution in [2.45, 2.75) is 20.8 Å². The lowest BCUT2D eigenvalue weighted by molar-refractivity contribution is 0.479. The van der Waals surface area contributed by atoms with Gasteiger partial charge in [0.2, 0.25) is 0 Å². The van der Waals surface area contributed by atoms with E-state index in [-0.39, 0.29) is 0 Å². The number of phenolic OH excluding ortho intramolecular Hbond substituents is 1. The molecule has 0 bridgehead atoms. The molecule has 1 N–H and O–H groups in total. The van der Waals surface area contributed by atoms with Crippen molar-refractivity contribution >= 4 is 0 Å². The van der Waals surface area contributed by atoms with E-state index in [1.54, 1.807) is 0 Å². The van der Waals surface area contributed by atoms with Gasteiger partial charge in [-0.25, -0.2) is 0 Å². The van der Waals surface area contributed by atoms with Gasteiger partial charge in [-0.3, -0.25) is 0 Å². The lowest BCUT2D eigenvalue weighted by atomic mass is 9.92. The quantitative estimate of drug-likeness (QED) is 0.646. The Hall–Kier alpha value is -2.54. The highest BCUT2D eigenvalue weighted by atomic mass is 16.3. The Morgan fingerprint density at radius 1 is 0.682 bits per heavy atom. The summed E-state index contributed by atoms with van der Waals surface area (Å²) < 4.78 is 0. The lowest BCUT2D eigenvalue weighted by Crippen LogP contribution is -1.89. The Labute approximate surface area is 131 Å². The molecule has 0 radical (unpaired) electrons. The second kappa shape index (κ2) is 5.69. The highest BCUT2D eigenvalue weighted by Crippen LogP contribution is 2.40. The first-order chi connectivity index (χ1) is 10.6. The van der Waals surface area contributed by atoms with Crippen LogP contribution in [-0.2, 0) is 0 Å². The summed E-state index contributed by atoms with van der Waals surface area (Å²) in [5.41, 5.74) is 7.37. The van der Waals surface area contributed by atoms with Crippen molar-refractivity contribution in [3.8, 4) is 28.0 Å². The largest absolute Gasteiger partial charge is 0.507 e. The molecule has 0 spiro atoms. The predicted octanol–water partition coefficient (Wildman–Crippen LogP) is 5.65. The van der Waals surface area contributed by atoms with Crippen molar-refractivity contribution in [1.29, 1.82) is 0 Å². The van der Waals surface area contributed by atoms with E-state index in [1.165, 1.54) is 11.1 Å². The van der Waals surface area contributed by atoms with Crippen LogP contribution in [0.5, 0.6) is 5.75 Å². The van der Waals surface area contributed by atoms with Gasteiger partial charge < -0.3 is 5.11 Å². The molecule has 0 saturated carbocycles. The summed E-state index contributed by atoms with van der Waals surface area (Å²) in [6.45, 7) is 6.17. The molecule has 3 rings (SSSR count). The van der Waals surface area contributed by atoms with Crippen LogP contribution in [0.15, 0.2) is 60.7 Å². The molecular formula is C21H20O. The molecule has 0 heterocycles. The molecular weight excluding hydrogens is 268 g/mol. The highest BCUT2D eigenvalue weighted by Gasteiger charge is 2.13. The normalized spacial score (nSPS) is 10.7. The van der Waals surface area contributed by atoms with Gasteiger partial charge in [0.05, 0.1) is 0 Å². The van der Waals surface area contributed by atoms with Crippen LogP contribution in [0.2, 0.25) is 0 Å². The summed E-state index contributed by atoms with van der Waals surface area (Å²) in [5, 5.41) is 10.9. The van der Waals surface area contributed by atoms with Gasteiger partial charge in [-0.05, 0) is 37.5 Å². The number of aryl methyl sites for hydroxylation is 3. The van der Waals surface area contributed by atoms with Gasteiger partial charge in [0.1, 0.15) is 5.75 Å². The Bertz CT molecular complexity index is 831. The molecule has 0 atom stereocenters. The molecule has 3 aromatic rings. The Morgan fingerprint density at radius 2 is 1.27 bits per heavy atom. The molecule has 1 heteroatoms. The average molecular weight is 288 g/mol. The number of benzene rings is 3. The SMILES string of the molecule is Cc1cccc(-c2ccc(C)c(-c3cccc(C)c3)c2O)c1. The zero-order chi connectivity index (χ0) is 15.7. The minimum atomic E-state index is 0.358. The second-order valence-corrected chi connectivity index (χ2v) is 5.89. The fraction of sp³-hybridized carbons (Fsp3) is 0.143. The first-order valence-electron chi connectivity index (χ1n) is 7.53. The molecule has 1 nitrogen and oxygen atoms in total. The zero-order valence-electron chi connectivity index (χ0n) is 13.2. The maximum atomic E-state index is 10.9. The van der Waals surface area contributed by atoms with E-state index >= 15 is 0 Å². The van der Waals surface area contributed by atoms with Gasteiger partial charge in [0.25, 0.3) is 0 Å². The number of rotatable bonds is 2. The number of hydrogen-bond donors (Lipinski definition) is 1. The molecule has 22 heavy (non-hydrogen) atoms. The molecule has 3 aromatic carbocycles. The van der Waals surface area contributed by atoms with Crippen LogP contribution in [0.4, 0.5) is 0 Å². The van der Waals surface area contributed by atoms with E-state index in [0.717, 1.165) is 27.8 Å². The van der Waals surface area contributed by atoms with E-state index in [0.29, 0.717) is 5.75 Å². The first-order valence-corrected chi connectivity index (χ1v) is 7.53. The number of phenols is 1.